The molecule has 1 aliphatic carbocycles. The molecule has 1 saturated carbocycles. The number of nitrogens with zero attached hydrogens (tertiary/aromatic N) is 2. The molecule has 3 fully saturated rings. The standard InChI is InChI=1S/C15H24N4O3/c1-10-9-16-7-8-18(10)12(20)11(2)19-13(21)15(17-14(19)22)5-3-4-6-15/h10-11,16H,3-9H2,1-2H3,(H,17,22)/t10-,11?/m0/s1. The van der Waals surface area contributed by atoms with Gasteiger partial charge < -0.3 is 15.5 Å². The van der Waals surface area contributed by atoms with Crippen LogP contribution in [-0.2, 0) is 9.59 Å². The molecule has 0 bridgehead atoms. The van der Waals surface area contributed by atoms with Gasteiger partial charge in [-0.3, -0.25) is 9.59 Å². The minimum Gasteiger partial charge on any atom is -0.336 e. The van der Waals surface area contributed by atoms with Gasteiger partial charge in [0.1, 0.15) is 11.6 Å². The third-order valence-electron chi connectivity index (χ3n) is 5.18. The zero-order valence-electron chi connectivity index (χ0n) is 13.2. The fourth-order valence-corrected chi connectivity index (χ4v) is 3.83. The van der Waals surface area contributed by atoms with Crippen molar-refractivity contribution in [3.05, 3.63) is 0 Å². The highest BCUT2D eigenvalue weighted by Crippen LogP contribution is 2.36. The summed E-state index contributed by atoms with van der Waals surface area (Å²) in [4.78, 5) is 40.6. The van der Waals surface area contributed by atoms with Crippen molar-refractivity contribution in [3.8, 4) is 0 Å². The first-order valence-corrected chi connectivity index (χ1v) is 8.13. The Morgan fingerprint density at radius 1 is 1.32 bits per heavy atom. The minimum atomic E-state index is -0.749. The average molecular weight is 308 g/mol. The zero-order chi connectivity index (χ0) is 15.9. The van der Waals surface area contributed by atoms with Gasteiger partial charge >= 0.3 is 6.03 Å². The maximum absolute atomic E-state index is 12.7. The molecule has 0 aromatic rings. The molecular weight excluding hydrogens is 284 g/mol. The molecule has 1 spiro atoms. The predicted octanol–water partition coefficient (Wildman–Crippen LogP) is 0.0598. The summed E-state index contributed by atoms with van der Waals surface area (Å²) in [6, 6.07) is -1.09. The van der Waals surface area contributed by atoms with E-state index in [0.29, 0.717) is 19.4 Å². The smallest absolute Gasteiger partial charge is 0.325 e. The fraction of sp³-hybridized carbons (Fsp3) is 0.800. The molecule has 2 heterocycles. The second kappa shape index (κ2) is 5.53. The van der Waals surface area contributed by atoms with Crippen LogP contribution < -0.4 is 10.6 Å². The molecule has 1 unspecified atom stereocenters. The van der Waals surface area contributed by atoms with E-state index in [9.17, 15) is 14.4 Å². The number of piperazine rings is 1. The van der Waals surface area contributed by atoms with Gasteiger partial charge in [0.2, 0.25) is 5.91 Å². The highest BCUT2D eigenvalue weighted by molar-refractivity contribution is 6.10. The molecule has 3 rings (SSSR count). The molecular formula is C15H24N4O3. The molecule has 3 aliphatic rings. The topological polar surface area (TPSA) is 81.8 Å². The Kier molecular flexibility index (Phi) is 3.84. The van der Waals surface area contributed by atoms with Crippen molar-refractivity contribution in [2.75, 3.05) is 19.6 Å². The quantitative estimate of drug-likeness (QED) is 0.707. The van der Waals surface area contributed by atoms with Crippen LogP contribution in [0.5, 0.6) is 0 Å². The van der Waals surface area contributed by atoms with Crippen LogP contribution >= 0.6 is 0 Å². The van der Waals surface area contributed by atoms with Gasteiger partial charge in [-0.25, -0.2) is 9.69 Å². The average Bonchev–Trinajstić information content (AvgIpc) is 3.05. The van der Waals surface area contributed by atoms with Crippen molar-refractivity contribution in [1.82, 2.24) is 20.4 Å². The van der Waals surface area contributed by atoms with E-state index in [1.54, 1.807) is 11.8 Å². The number of carbonyl (C=O) groups is 3. The molecule has 2 saturated heterocycles. The van der Waals surface area contributed by atoms with Gasteiger partial charge in [0.05, 0.1) is 0 Å². The Morgan fingerprint density at radius 2 is 2.00 bits per heavy atom. The van der Waals surface area contributed by atoms with Crippen LogP contribution in [-0.4, -0.2) is 64.9 Å². The Morgan fingerprint density at radius 3 is 2.64 bits per heavy atom. The lowest BCUT2D eigenvalue weighted by molar-refractivity contribution is -0.144. The van der Waals surface area contributed by atoms with Gasteiger partial charge in [0.25, 0.3) is 5.91 Å². The van der Waals surface area contributed by atoms with Gasteiger partial charge in [-0.2, -0.15) is 0 Å². The molecule has 0 aromatic carbocycles. The van der Waals surface area contributed by atoms with Crippen molar-refractivity contribution in [2.45, 2.75) is 57.2 Å². The summed E-state index contributed by atoms with van der Waals surface area (Å²) < 4.78 is 0. The van der Waals surface area contributed by atoms with E-state index in [0.717, 1.165) is 30.8 Å². The Hall–Kier alpha value is -1.63. The SMILES string of the molecule is CC(C(=O)N1CCNC[C@@H]1C)N1C(=O)NC2(CCCC2)C1=O. The van der Waals surface area contributed by atoms with Crippen molar-refractivity contribution in [2.24, 2.45) is 0 Å². The Labute approximate surface area is 130 Å². The van der Waals surface area contributed by atoms with Crippen LogP contribution in [0, 0.1) is 0 Å². The molecule has 2 N–H and O–H groups in total. The van der Waals surface area contributed by atoms with E-state index >= 15 is 0 Å². The summed E-state index contributed by atoms with van der Waals surface area (Å²) in [7, 11) is 0. The van der Waals surface area contributed by atoms with Crippen molar-refractivity contribution >= 4 is 17.8 Å². The first-order chi connectivity index (χ1) is 10.5. The lowest BCUT2D eigenvalue weighted by Gasteiger charge is -2.37. The molecule has 2 atom stereocenters. The highest BCUT2D eigenvalue weighted by Gasteiger charge is 2.54. The summed E-state index contributed by atoms with van der Waals surface area (Å²) >= 11 is 0. The monoisotopic (exact) mass is 308 g/mol. The summed E-state index contributed by atoms with van der Waals surface area (Å²) in [5.74, 6) is -0.369. The van der Waals surface area contributed by atoms with Crippen LogP contribution in [0.3, 0.4) is 0 Å². The number of hydrogen-bond acceptors (Lipinski definition) is 4. The van der Waals surface area contributed by atoms with Gasteiger partial charge in [-0.15, -0.1) is 0 Å². The zero-order valence-corrected chi connectivity index (χ0v) is 13.2. The molecule has 22 heavy (non-hydrogen) atoms. The minimum absolute atomic E-state index is 0.0740. The number of carbonyl (C=O) groups excluding carboxylic acids is 3. The van der Waals surface area contributed by atoms with Crippen molar-refractivity contribution < 1.29 is 14.4 Å². The summed E-state index contributed by atoms with van der Waals surface area (Å²) in [5, 5.41) is 6.06. The highest BCUT2D eigenvalue weighted by atomic mass is 16.2. The van der Waals surface area contributed by atoms with E-state index in [2.05, 4.69) is 10.6 Å². The maximum atomic E-state index is 12.7. The van der Waals surface area contributed by atoms with E-state index in [1.807, 2.05) is 6.92 Å². The normalized spacial score (nSPS) is 29.1. The third-order valence-corrected chi connectivity index (χ3v) is 5.18. The van der Waals surface area contributed by atoms with Gasteiger partial charge in [0.15, 0.2) is 0 Å². The number of rotatable bonds is 2. The van der Waals surface area contributed by atoms with Crippen LogP contribution in [0.1, 0.15) is 39.5 Å². The molecule has 7 nitrogen and oxygen atoms in total. The van der Waals surface area contributed by atoms with Gasteiger partial charge in [-0.1, -0.05) is 12.8 Å². The fourth-order valence-electron chi connectivity index (χ4n) is 3.83. The number of hydrogen-bond donors (Lipinski definition) is 2. The number of urea groups is 1. The molecule has 122 valence electrons. The van der Waals surface area contributed by atoms with Gasteiger partial charge in [-0.05, 0) is 26.7 Å². The Balaban J connectivity index is 1.76. The molecule has 4 amide bonds. The van der Waals surface area contributed by atoms with E-state index < -0.39 is 17.6 Å². The molecule has 0 radical (unpaired) electrons. The summed E-state index contributed by atoms with van der Waals surface area (Å²) in [6.07, 6.45) is 3.24. The van der Waals surface area contributed by atoms with Crippen molar-refractivity contribution in [1.29, 1.82) is 0 Å². The van der Waals surface area contributed by atoms with E-state index in [1.165, 1.54) is 0 Å². The number of nitrogens with one attached hydrogen (secondary N) is 2. The lowest BCUT2D eigenvalue weighted by atomic mass is 9.97. The van der Waals surface area contributed by atoms with Crippen LogP contribution in [0.4, 0.5) is 4.79 Å². The summed E-state index contributed by atoms with van der Waals surface area (Å²) in [6.45, 7) is 5.72. The van der Waals surface area contributed by atoms with Crippen LogP contribution in [0.15, 0.2) is 0 Å². The molecule has 7 heteroatoms. The maximum Gasteiger partial charge on any atom is 0.325 e. The first-order valence-electron chi connectivity index (χ1n) is 8.13. The largest absolute Gasteiger partial charge is 0.336 e. The second-order valence-corrected chi connectivity index (χ2v) is 6.66. The van der Waals surface area contributed by atoms with E-state index in [-0.39, 0.29) is 17.9 Å². The first kappa shape index (κ1) is 15.3. The molecule has 2 aliphatic heterocycles. The summed E-state index contributed by atoms with van der Waals surface area (Å²) in [5.41, 5.74) is -0.749. The van der Waals surface area contributed by atoms with Crippen LogP contribution in [0.2, 0.25) is 0 Å². The number of imide groups is 1. The lowest BCUT2D eigenvalue weighted by Crippen LogP contribution is -2.58. The Bertz CT molecular complexity index is 501. The van der Waals surface area contributed by atoms with E-state index in [4.69, 9.17) is 0 Å². The molecule has 0 aromatic heterocycles. The van der Waals surface area contributed by atoms with Crippen LogP contribution in [0.25, 0.3) is 0 Å². The predicted molar refractivity (Wildman–Crippen MR) is 80.1 cm³/mol. The van der Waals surface area contributed by atoms with Gasteiger partial charge in [0, 0.05) is 25.7 Å². The second-order valence-electron chi connectivity index (χ2n) is 6.66. The van der Waals surface area contributed by atoms with Crippen molar-refractivity contribution in [3.63, 3.8) is 0 Å². The number of amides is 4. The third kappa shape index (κ3) is 2.27.